The average molecular weight is 483 g/mol. The Balaban J connectivity index is 1.18. The van der Waals surface area contributed by atoms with E-state index in [0.29, 0.717) is 16.4 Å². The third-order valence-electron chi connectivity index (χ3n) is 7.96. The Hall–Kier alpha value is -2.35. The van der Waals surface area contributed by atoms with Crippen molar-refractivity contribution < 1.29 is 14.4 Å². The Morgan fingerprint density at radius 3 is 2.35 bits per heavy atom. The van der Waals surface area contributed by atoms with Gasteiger partial charge < -0.3 is 15.5 Å². The van der Waals surface area contributed by atoms with Crippen molar-refractivity contribution in [3.8, 4) is 0 Å². The third-order valence-corrected chi connectivity index (χ3v) is 9.17. The smallest absolute Gasteiger partial charge is 0.262 e. The summed E-state index contributed by atoms with van der Waals surface area (Å²) in [5, 5.41) is 6.45. The van der Waals surface area contributed by atoms with E-state index in [-0.39, 0.29) is 29.7 Å². The molecule has 0 aromatic heterocycles. The van der Waals surface area contributed by atoms with Crippen LogP contribution < -0.4 is 10.6 Å². The van der Waals surface area contributed by atoms with Gasteiger partial charge in [0.2, 0.25) is 5.91 Å². The molecule has 4 saturated carbocycles. The zero-order valence-corrected chi connectivity index (χ0v) is 20.8. The summed E-state index contributed by atoms with van der Waals surface area (Å²) in [5.41, 5.74) is 1.09. The van der Waals surface area contributed by atoms with Gasteiger partial charge in [0.05, 0.1) is 0 Å². The highest BCUT2D eigenvalue weighted by Crippen LogP contribution is 2.55. The van der Waals surface area contributed by atoms with Crippen LogP contribution in [0.25, 0.3) is 0 Å². The molecule has 3 amide bonds. The number of carbonyl (C=O) groups excluding carboxylic acids is 3. The first-order valence-corrected chi connectivity index (χ1v) is 13.5. The second-order valence-electron chi connectivity index (χ2n) is 10.5. The van der Waals surface area contributed by atoms with Crippen molar-refractivity contribution in [3.63, 3.8) is 0 Å². The predicted octanol–water partition coefficient (Wildman–Crippen LogP) is 4.05. The van der Waals surface area contributed by atoms with E-state index in [1.54, 1.807) is 24.3 Å². The van der Waals surface area contributed by atoms with Gasteiger partial charge >= 0.3 is 0 Å². The second-order valence-corrected chi connectivity index (χ2v) is 11.7. The van der Waals surface area contributed by atoms with Gasteiger partial charge in [-0.3, -0.25) is 14.4 Å². The Morgan fingerprint density at radius 2 is 1.74 bits per heavy atom. The van der Waals surface area contributed by atoms with Crippen molar-refractivity contribution in [2.75, 3.05) is 18.4 Å². The van der Waals surface area contributed by atoms with Crippen molar-refractivity contribution >= 4 is 40.3 Å². The predicted molar refractivity (Wildman–Crippen MR) is 135 cm³/mol. The lowest BCUT2D eigenvalue weighted by atomic mass is 9.53. The normalized spacial score (nSPS) is 31.4. The lowest BCUT2D eigenvalue weighted by molar-refractivity contribution is -0.121. The van der Waals surface area contributed by atoms with Crippen LogP contribution in [-0.4, -0.2) is 51.7 Å². The monoisotopic (exact) mass is 482 g/mol. The van der Waals surface area contributed by atoms with Crippen molar-refractivity contribution in [1.82, 2.24) is 10.2 Å². The van der Waals surface area contributed by atoms with E-state index in [1.165, 1.54) is 31.0 Å². The van der Waals surface area contributed by atoms with Crippen molar-refractivity contribution in [3.05, 3.63) is 29.8 Å². The number of hydrogen-bond acceptors (Lipinski definition) is 5. The highest BCUT2D eigenvalue weighted by Gasteiger charge is 2.51. The highest BCUT2D eigenvalue weighted by atomic mass is 32.2. The maximum absolute atomic E-state index is 13.2. The first-order valence-electron chi connectivity index (χ1n) is 12.6. The van der Waals surface area contributed by atoms with Gasteiger partial charge in [-0.15, -0.1) is 0 Å². The fourth-order valence-corrected chi connectivity index (χ4v) is 8.03. The molecule has 34 heavy (non-hydrogen) atoms. The van der Waals surface area contributed by atoms with Crippen molar-refractivity contribution in [2.45, 2.75) is 69.6 Å². The standard InChI is InChI=1S/C26H34N4O3S/c1-3-30(4-2)25-28-24(33)21(34-25)12-22(31)27-20-7-5-6-19(11-20)23(32)29-26-13-16-8-17(14-26)10-18(9-16)15-26/h5-7,11,16-18,21H,3-4,8-10,12-15H2,1-2H3,(H,27,31)(H,29,32). The third kappa shape index (κ3) is 4.74. The van der Waals surface area contributed by atoms with Crippen LogP contribution in [0.5, 0.6) is 0 Å². The summed E-state index contributed by atoms with van der Waals surface area (Å²) in [4.78, 5) is 44.3. The maximum atomic E-state index is 13.2. The molecule has 4 bridgehead atoms. The van der Waals surface area contributed by atoms with E-state index in [1.807, 2.05) is 18.7 Å². The molecule has 0 radical (unpaired) electrons. The molecule has 1 unspecified atom stereocenters. The lowest BCUT2D eigenvalue weighted by Crippen LogP contribution is -2.59. The zero-order valence-electron chi connectivity index (χ0n) is 20.0. The Bertz CT molecular complexity index is 984. The molecule has 6 rings (SSSR count). The number of nitrogens with one attached hydrogen (secondary N) is 2. The van der Waals surface area contributed by atoms with Gasteiger partial charge in [-0.25, -0.2) is 0 Å². The number of anilines is 1. The number of benzene rings is 1. The van der Waals surface area contributed by atoms with Crippen molar-refractivity contribution in [1.29, 1.82) is 0 Å². The van der Waals surface area contributed by atoms with E-state index < -0.39 is 5.25 Å². The summed E-state index contributed by atoms with van der Waals surface area (Å²) >= 11 is 1.36. The van der Waals surface area contributed by atoms with Gasteiger partial charge in [-0.05, 0) is 88.3 Å². The number of amides is 3. The van der Waals surface area contributed by atoms with E-state index in [0.717, 1.165) is 50.1 Å². The SMILES string of the molecule is CCN(CC)C1=NC(=O)C(CC(=O)Nc2cccc(C(=O)NC34CC5CC(CC(C5)C3)C4)c2)S1. The topological polar surface area (TPSA) is 90.9 Å². The number of hydrogen-bond donors (Lipinski definition) is 2. The molecule has 1 aromatic carbocycles. The maximum Gasteiger partial charge on any atom is 0.262 e. The largest absolute Gasteiger partial charge is 0.352 e. The molecule has 0 spiro atoms. The number of nitrogens with zero attached hydrogens (tertiary/aromatic N) is 2. The minimum absolute atomic E-state index is 0.0479. The Morgan fingerprint density at radius 1 is 1.09 bits per heavy atom. The molecule has 1 aromatic rings. The summed E-state index contributed by atoms with van der Waals surface area (Å²) in [7, 11) is 0. The molecule has 2 N–H and O–H groups in total. The Kier molecular flexibility index (Phi) is 6.44. The number of carbonyl (C=O) groups is 3. The fraction of sp³-hybridized carbons (Fsp3) is 0.615. The number of thioether (sulfide) groups is 1. The Labute approximate surface area is 205 Å². The summed E-state index contributed by atoms with van der Waals surface area (Å²) in [6, 6.07) is 7.10. The van der Waals surface area contributed by atoms with E-state index >= 15 is 0 Å². The van der Waals surface area contributed by atoms with Crippen LogP contribution in [-0.2, 0) is 9.59 Å². The quantitative estimate of drug-likeness (QED) is 0.612. The molecule has 0 saturated heterocycles. The van der Waals surface area contributed by atoms with Crippen LogP contribution in [0, 0.1) is 17.8 Å². The van der Waals surface area contributed by atoms with Gasteiger partial charge in [0, 0.05) is 36.3 Å². The van der Waals surface area contributed by atoms with Crippen molar-refractivity contribution in [2.24, 2.45) is 22.7 Å². The van der Waals surface area contributed by atoms with Crippen LogP contribution in [0.15, 0.2) is 29.3 Å². The zero-order chi connectivity index (χ0) is 23.9. The van der Waals surface area contributed by atoms with Gasteiger partial charge in [0.1, 0.15) is 5.25 Å². The summed E-state index contributed by atoms with van der Waals surface area (Å²) in [6.45, 7) is 5.58. The minimum atomic E-state index is -0.502. The highest BCUT2D eigenvalue weighted by molar-refractivity contribution is 8.15. The number of amidine groups is 1. The van der Waals surface area contributed by atoms with Crippen LogP contribution in [0.3, 0.4) is 0 Å². The average Bonchev–Trinajstić information content (AvgIpc) is 3.13. The van der Waals surface area contributed by atoms with E-state index in [9.17, 15) is 14.4 Å². The first kappa shape index (κ1) is 23.4. The van der Waals surface area contributed by atoms with E-state index in [4.69, 9.17) is 0 Å². The molecule has 182 valence electrons. The van der Waals surface area contributed by atoms with Crippen LogP contribution in [0.4, 0.5) is 5.69 Å². The van der Waals surface area contributed by atoms with Gasteiger partial charge in [0.15, 0.2) is 5.17 Å². The fourth-order valence-electron chi connectivity index (χ4n) is 6.83. The van der Waals surface area contributed by atoms with Gasteiger partial charge in [-0.2, -0.15) is 4.99 Å². The molecule has 4 aliphatic carbocycles. The summed E-state index contributed by atoms with van der Waals surface area (Å²) < 4.78 is 0. The van der Waals surface area contributed by atoms with Crippen LogP contribution >= 0.6 is 11.8 Å². The molecule has 1 atom stereocenters. The summed E-state index contributed by atoms with van der Waals surface area (Å²) in [6.07, 6.45) is 7.37. The van der Waals surface area contributed by atoms with E-state index in [2.05, 4.69) is 15.6 Å². The molecule has 7 nitrogen and oxygen atoms in total. The number of rotatable bonds is 7. The molecular weight excluding hydrogens is 448 g/mol. The van der Waals surface area contributed by atoms with Crippen LogP contribution in [0.2, 0.25) is 0 Å². The molecule has 1 heterocycles. The number of aliphatic imine (C=N–C) groups is 1. The first-order chi connectivity index (χ1) is 16.4. The minimum Gasteiger partial charge on any atom is -0.352 e. The molecular formula is C26H34N4O3S. The molecule has 1 aliphatic heterocycles. The second kappa shape index (κ2) is 9.36. The van der Waals surface area contributed by atoms with Gasteiger partial charge in [0.25, 0.3) is 11.8 Å². The van der Waals surface area contributed by atoms with Gasteiger partial charge in [-0.1, -0.05) is 17.8 Å². The summed E-state index contributed by atoms with van der Waals surface area (Å²) in [5.74, 6) is 1.72. The molecule has 5 aliphatic rings. The molecule has 4 fully saturated rings. The lowest BCUT2D eigenvalue weighted by Gasteiger charge is -2.56. The van der Waals surface area contributed by atoms with Crippen LogP contribution in [0.1, 0.15) is 69.2 Å². The molecule has 8 heteroatoms.